The van der Waals surface area contributed by atoms with E-state index in [9.17, 15) is 0 Å². The van der Waals surface area contributed by atoms with Crippen LogP contribution in [0.15, 0.2) is 35.8 Å². The maximum atomic E-state index is 4.26. The summed E-state index contributed by atoms with van der Waals surface area (Å²) in [7, 11) is 2.22. The molecule has 0 amide bonds. The van der Waals surface area contributed by atoms with Gasteiger partial charge in [-0.05, 0) is 49.9 Å². The zero-order valence-corrected chi connectivity index (χ0v) is 13.3. The largest absolute Gasteiger partial charge is 0.351 e. The summed E-state index contributed by atoms with van der Waals surface area (Å²) in [6.45, 7) is 3.31. The van der Waals surface area contributed by atoms with Gasteiger partial charge in [-0.2, -0.15) is 5.10 Å². The highest BCUT2D eigenvalue weighted by Crippen LogP contribution is 2.23. The van der Waals surface area contributed by atoms with Crippen molar-refractivity contribution in [2.45, 2.75) is 25.3 Å². The molecular formula is C16H22N4S. The van der Waals surface area contributed by atoms with Gasteiger partial charge in [-0.15, -0.1) is 16.4 Å². The Kier molecular flexibility index (Phi) is 4.83. The van der Waals surface area contributed by atoms with Crippen LogP contribution in [0.1, 0.15) is 17.7 Å². The van der Waals surface area contributed by atoms with Crippen molar-refractivity contribution < 1.29 is 0 Å². The molecule has 5 heteroatoms. The highest BCUT2D eigenvalue weighted by molar-refractivity contribution is 7.09. The van der Waals surface area contributed by atoms with Crippen LogP contribution in [0.4, 0.5) is 5.82 Å². The number of likely N-dealkylation sites (N-methyl/N-ethyl adjacent to an activating group) is 1. The van der Waals surface area contributed by atoms with Gasteiger partial charge in [0, 0.05) is 36.8 Å². The summed E-state index contributed by atoms with van der Waals surface area (Å²) >= 11 is 1.85. The lowest BCUT2D eigenvalue weighted by Gasteiger charge is -2.29. The molecule has 3 rings (SSSR count). The minimum Gasteiger partial charge on any atom is -0.351 e. The molecule has 1 aliphatic rings. The van der Waals surface area contributed by atoms with Crippen molar-refractivity contribution in [1.82, 2.24) is 15.1 Å². The molecule has 0 spiro atoms. The fourth-order valence-corrected chi connectivity index (χ4v) is 3.68. The van der Waals surface area contributed by atoms with Gasteiger partial charge in [-0.3, -0.25) is 0 Å². The van der Waals surface area contributed by atoms with E-state index in [1.54, 1.807) is 6.20 Å². The molecule has 2 aromatic heterocycles. The molecule has 0 unspecified atom stereocenters. The van der Waals surface area contributed by atoms with Crippen molar-refractivity contribution in [3.8, 4) is 0 Å². The Morgan fingerprint density at radius 1 is 1.38 bits per heavy atom. The van der Waals surface area contributed by atoms with Crippen LogP contribution in [0.5, 0.6) is 0 Å². The Balaban J connectivity index is 1.53. The van der Waals surface area contributed by atoms with E-state index in [0.29, 0.717) is 6.04 Å². The first-order valence-corrected chi connectivity index (χ1v) is 8.46. The molecule has 0 saturated carbocycles. The molecule has 0 bridgehead atoms. The Labute approximate surface area is 130 Å². The predicted octanol–water partition coefficient (Wildman–Crippen LogP) is 2.68. The van der Waals surface area contributed by atoms with Gasteiger partial charge >= 0.3 is 0 Å². The molecule has 112 valence electrons. The van der Waals surface area contributed by atoms with E-state index in [1.807, 2.05) is 17.4 Å². The molecule has 0 aliphatic carbocycles. The number of thiophene rings is 1. The number of hydrogen-bond acceptors (Lipinski definition) is 5. The molecule has 3 heterocycles. The van der Waals surface area contributed by atoms with Gasteiger partial charge in [0.1, 0.15) is 0 Å². The number of hydrogen-bond donors (Lipinski definition) is 0. The lowest BCUT2D eigenvalue weighted by atomic mass is 10.2. The molecule has 4 nitrogen and oxygen atoms in total. The van der Waals surface area contributed by atoms with E-state index in [4.69, 9.17) is 0 Å². The molecule has 1 saturated heterocycles. The number of aromatic nitrogens is 2. The molecule has 1 atom stereocenters. The van der Waals surface area contributed by atoms with Crippen LogP contribution in [0, 0.1) is 0 Å². The molecular weight excluding hydrogens is 280 g/mol. The molecule has 0 radical (unpaired) electrons. The SMILES string of the molecule is CN(CCc1cccs1)C[C@@H]1CCCN1c1cccnn1. The van der Waals surface area contributed by atoms with Crippen molar-refractivity contribution >= 4 is 17.2 Å². The second-order valence-electron chi connectivity index (χ2n) is 5.66. The molecule has 0 N–H and O–H groups in total. The summed E-state index contributed by atoms with van der Waals surface area (Å²) in [5.74, 6) is 1.02. The number of anilines is 1. The van der Waals surface area contributed by atoms with Crippen LogP contribution in [0.3, 0.4) is 0 Å². The van der Waals surface area contributed by atoms with E-state index in [2.05, 4.69) is 50.6 Å². The second kappa shape index (κ2) is 7.00. The van der Waals surface area contributed by atoms with Gasteiger partial charge in [0.15, 0.2) is 5.82 Å². The molecule has 1 fully saturated rings. The van der Waals surface area contributed by atoms with Crippen molar-refractivity contribution in [3.05, 3.63) is 40.7 Å². The lowest BCUT2D eigenvalue weighted by Crippen LogP contribution is -2.40. The van der Waals surface area contributed by atoms with Crippen LogP contribution in [-0.4, -0.2) is 47.8 Å². The van der Waals surface area contributed by atoms with Crippen LogP contribution in [0.25, 0.3) is 0 Å². The van der Waals surface area contributed by atoms with Crippen LogP contribution >= 0.6 is 11.3 Å². The zero-order chi connectivity index (χ0) is 14.5. The van der Waals surface area contributed by atoms with E-state index in [1.165, 1.54) is 17.7 Å². The third-order valence-corrected chi connectivity index (χ3v) is 5.01. The molecule has 1 aliphatic heterocycles. The van der Waals surface area contributed by atoms with Gasteiger partial charge in [-0.25, -0.2) is 0 Å². The van der Waals surface area contributed by atoms with E-state index >= 15 is 0 Å². The van der Waals surface area contributed by atoms with Crippen molar-refractivity contribution in [2.24, 2.45) is 0 Å². The normalized spacial score (nSPS) is 18.6. The molecule has 2 aromatic rings. The summed E-state index contributed by atoms with van der Waals surface area (Å²) in [5.41, 5.74) is 0. The van der Waals surface area contributed by atoms with Gasteiger partial charge in [-0.1, -0.05) is 6.07 Å². The molecule has 21 heavy (non-hydrogen) atoms. The van der Waals surface area contributed by atoms with Gasteiger partial charge in [0.05, 0.1) is 0 Å². The molecule has 0 aromatic carbocycles. The average molecular weight is 302 g/mol. The monoisotopic (exact) mass is 302 g/mol. The van der Waals surface area contributed by atoms with Crippen molar-refractivity contribution in [3.63, 3.8) is 0 Å². The Morgan fingerprint density at radius 3 is 3.10 bits per heavy atom. The minimum absolute atomic E-state index is 0.565. The van der Waals surface area contributed by atoms with E-state index in [-0.39, 0.29) is 0 Å². The lowest BCUT2D eigenvalue weighted by molar-refractivity contribution is 0.314. The fourth-order valence-electron chi connectivity index (χ4n) is 2.98. The number of nitrogens with zero attached hydrogens (tertiary/aromatic N) is 4. The first-order chi connectivity index (χ1) is 10.3. The predicted molar refractivity (Wildman–Crippen MR) is 87.9 cm³/mol. The average Bonchev–Trinajstić information content (AvgIpc) is 3.17. The van der Waals surface area contributed by atoms with Crippen LogP contribution < -0.4 is 4.90 Å². The van der Waals surface area contributed by atoms with Crippen molar-refractivity contribution in [2.75, 3.05) is 31.6 Å². The zero-order valence-electron chi connectivity index (χ0n) is 12.5. The Bertz CT molecular complexity index is 528. The van der Waals surface area contributed by atoms with Crippen molar-refractivity contribution in [1.29, 1.82) is 0 Å². The van der Waals surface area contributed by atoms with Crippen LogP contribution in [0.2, 0.25) is 0 Å². The Morgan fingerprint density at radius 2 is 2.33 bits per heavy atom. The third kappa shape index (κ3) is 3.80. The minimum atomic E-state index is 0.565. The fraction of sp³-hybridized carbons (Fsp3) is 0.500. The van der Waals surface area contributed by atoms with E-state index in [0.717, 1.165) is 31.9 Å². The standard InChI is InChI=1S/C16H22N4S/c1-19(11-8-15-6-4-12-21-15)13-14-5-3-10-20(14)16-7-2-9-17-18-16/h2,4,6-7,9,12,14H,3,5,8,10-11,13H2,1H3/t14-/m0/s1. The quantitative estimate of drug-likeness (QED) is 0.821. The third-order valence-electron chi connectivity index (χ3n) is 4.07. The summed E-state index contributed by atoms with van der Waals surface area (Å²) in [6, 6.07) is 8.96. The maximum Gasteiger partial charge on any atom is 0.151 e. The first-order valence-electron chi connectivity index (χ1n) is 7.58. The first kappa shape index (κ1) is 14.5. The smallest absolute Gasteiger partial charge is 0.151 e. The Hall–Kier alpha value is -1.46. The maximum absolute atomic E-state index is 4.26. The van der Waals surface area contributed by atoms with Gasteiger partial charge in [0.25, 0.3) is 0 Å². The van der Waals surface area contributed by atoms with Gasteiger partial charge in [0.2, 0.25) is 0 Å². The summed E-state index contributed by atoms with van der Waals surface area (Å²) in [6.07, 6.45) is 5.38. The highest BCUT2D eigenvalue weighted by Gasteiger charge is 2.26. The summed E-state index contributed by atoms with van der Waals surface area (Å²) < 4.78 is 0. The number of rotatable bonds is 6. The summed E-state index contributed by atoms with van der Waals surface area (Å²) in [5, 5.41) is 10.4. The summed E-state index contributed by atoms with van der Waals surface area (Å²) in [4.78, 5) is 6.33. The topological polar surface area (TPSA) is 32.3 Å². The second-order valence-corrected chi connectivity index (χ2v) is 6.70. The van der Waals surface area contributed by atoms with Gasteiger partial charge < -0.3 is 9.80 Å². The van der Waals surface area contributed by atoms with E-state index < -0.39 is 0 Å². The van der Waals surface area contributed by atoms with Crippen LogP contribution in [-0.2, 0) is 6.42 Å². The highest BCUT2D eigenvalue weighted by atomic mass is 32.1.